The van der Waals surface area contributed by atoms with E-state index >= 15 is 0 Å². The summed E-state index contributed by atoms with van der Waals surface area (Å²) in [6.07, 6.45) is 0.409. The molecule has 0 heterocycles. The lowest BCUT2D eigenvalue weighted by Gasteiger charge is -2.18. The molecule has 0 aliphatic carbocycles. The Morgan fingerprint density at radius 3 is 2.28 bits per heavy atom. The van der Waals surface area contributed by atoms with Crippen molar-refractivity contribution in [3.63, 3.8) is 0 Å². The number of rotatable bonds is 7. The number of nitrogens with one attached hydrogen (secondary N) is 1. The molecule has 0 bridgehead atoms. The summed E-state index contributed by atoms with van der Waals surface area (Å²) >= 11 is 1.64. The van der Waals surface area contributed by atoms with Crippen LogP contribution in [0.25, 0.3) is 0 Å². The van der Waals surface area contributed by atoms with Gasteiger partial charge in [-0.2, -0.15) is 0 Å². The molecule has 2 aromatic rings. The molecule has 0 aliphatic heterocycles. The molecule has 2 amide bonds. The minimum Gasteiger partial charge on any atom is -0.336 e. The van der Waals surface area contributed by atoms with Crippen LogP contribution in [0.4, 0.5) is 5.69 Å². The summed E-state index contributed by atoms with van der Waals surface area (Å²) in [5.41, 5.74) is 2.86. The molecule has 2 aromatic carbocycles. The van der Waals surface area contributed by atoms with E-state index in [9.17, 15) is 9.59 Å². The first-order valence-corrected chi connectivity index (χ1v) is 9.24. The number of hydrogen-bond acceptors (Lipinski definition) is 3. The summed E-state index contributed by atoms with van der Waals surface area (Å²) in [6, 6.07) is 15.9. The topological polar surface area (TPSA) is 49.4 Å². The lowest BCUT2D eigenvalue weighted by atomic mass is 10.1. The average molecular weight is 356 g/mol. The van der Waals surface area contributed by atoms with E-state index in [1.54, 1.807) is 18.8 Å². The van der Waals surface area contributed by atoms with Gasteiger partial charge in [0.05, 0.1) is 6.54 Å². The Labute approximate surface area is 153 Å². The van der Waals surface area contributed by atoms with Gasteiger partial charge in [-0.1, -0.05) is 36.4 Å². The van der Waals surface area contributed by atoms with Crippen molar-refractivity contribution in [2.24, 2.45) is 0 Å². The van der Waals surface area contributed by atoms with Gasteiger partial charge in [0.2, 0.25) is 11.8 Å². The molecule has 0 saturated carbocycles. The number of carbonyl (C=O) groups is 2. The maximum atomic E-state index is 12.2. The van der Waals surface area contributed by atoms with Crippen LogP contribution < -0.4 is 5.32 Å². The fourth-order valence-electron chi connectivity index (χ4n) is 2.46. The number of carbonyl (C=O) groups excluding carboxylic acids is 2. The van der Waals surface area contributed by atoms with E-state index in [4.69, 9.17) is 0 Å². The predicted molar refractivity (Wildman–Crippen MR) is 104 cm³/mol. The molecular formula is C20H24N2O2S. The van der Waals surface area contributed by atoms with Crippen LogP contribution in [0, 0.1) is 13.8 Å². The first-order chi connectivity index (χ1) is 12.0. The quantitative estimate of drug-likeness (QED) is 0.766. The van der Waals surface area contributed by atoms with Crippen LogP contribution >= 0.6 is 11.8 Å². The molecule has 0 aliphatic rings. The molecule has 1 N–H and O–H groups in total. The Morgan fingerprint density at radius 1 is 1.00 bits per heavy atom. The third kappa shape index (κ3) is 5.94. The van der Waals surface area contributed by atoms with Crippen LogP contribution in [0.5, 0.6) is 0 Å². The zero-order valence-corrected chi connectivity index (χ0v) is 15.7. The van der Waals surface area contributed by atoms with Crippen molar-refractivity contribution < 1.29 is 9.59 Å². The van der Waals surface area contributed by atoms with Crippen LogP contribution in [0.3, 0.4) is 0 Å². The minimum atomic E-state index is -0.177. The number of amides is 2. The summed E-state index contributed by atoms with van der Waals surface area (Å²) in [5.74, 6) is 0.496. The molecule has 0 atom stereocenters. The largest absolute Gasteiger partial charge is 0.336 e. The summed E-state index contributed by atoms with van der Waals surface area (Å²) in [7, 11) is 1.67. The van der Waals surface area contributed by atoms with Gasteiger partial charge in [0, 0.05) is 29.8 Å². The highest BCUT2D eigenvalue weighted by Gasteiger charge is 2.14. The third-order valence-corrected chi connectivity index (χ3v) is 4.89. The third-order valence-electron chi connectivity index (χ3n) is 3.88. The van der Waals surface area contributed by atoms with Gasteiger partial charge in [-0.25, -0.2) is 0 Å². The molecular weight excluding hydrogens is 332 g/mol. The number of hydrogen-bond donors (Lipinski definition) is 1. The first kappa shape index (κ1) is 19.1. The second-order valence-corrected chi connectivity index (χ2v) is 7.14. The van der Waals surface area contributed by atoms with Gasteiger partial charge in [0.25, 0.3) is 0 Å². The Kier molecular flexibility index (Phi) is 7.07. The van der Waals surface area contributed by atoms with E-state index in [2.05, 4.69) is 5.32 Å². The second-order valence-electron chi connectivity index (χ2n) is 5.98. The highest BCUT2D eigenvalue weighted by Crippen LogP contribution is 2.20. The van der Waals surface area contributed by atoms with Crippen molar-refractivity contribution in [1.82, 2.24) is 4.90 Å². The molecule has 132 valence electrons. The molecule has 5 heteroatoms. The van der Waals surface area contributed by atoms with Gasteiger partial charge < -0.3 is 10.2 Å². The predicted octanol–water partition coefficient (Wildman–Crippen LogP) is 3.88. The van der Waals surface area contributed by atoms with E-state index in [0.717, 1.165) is 21.7 Å². The molecule has 0 unspecified atom stereocenters. The van der Waals surface area contributed by atoms with Crippen LogP contribution in [0.2, 0.25) is 0 Å². The fraction of sp³-hybridized carbons (Fsp3) is 0.300. The smallest absolute Gasteiger partial charge is 0.243 e. The summed E-state index contributed by atoms with van der Waals surface area (Å²) in [5, 5.41) is 2.91. The van der Waals surface area contributed by atoms with Crippen molar-refractivity contribution in [1.29, 1.82) is 0 Å². The van der Waals surface area contributed by atoms with Crippen LogP contribution in [-0.2, 0) is 9.59 Å². The number of thioether (sulfide) groups is 1. The van der Waals surface area contributed by atoms with Crippen molar-refractivity contribution in [2.45, 2.75) is 25.2 Å². The van der Waals surface area contributed by atoms with E-state index < -0.39 is 0 Å². The summed E-state index contributed by atoms with van der Waals surface area (Å²) in [4.78, 5) is 27.0. The van der Waals surface area contributed by atoms with E-state index in [1.807, 2.05) is 62.4 Å². The molecule has 0 fully saturated rings. The van der Waals surface area contributed by atoms with Crippen molar-refractivity contribution in [3.05, 3.63) is 59.7 Å². The molecule has 4 nitrogen and oxygen atoms in total. The Morgan fingerprint density at radius 2 is 1.64 bits per heavy atom. The Balaban J connectivity index is 1.79. The number of nitrogens with zero attached hydrogens (tertiary/aromatic N) is 1. The molecule has 2 rings (SSSR count). The van der Waals surface area contributed by atoms with Gasteiger partial charge in [0.1, 0.15) is 0 Å². The molecule has 0 radical (unpaired) electrons. The highest BCUT2D eigenvalue weighted by atomic mass is 32.2. The molecule has 0 spiro atoms. The van der Waals surface area contributed by atoms with Crippen LogP contribution in [0.15, 0.2) is 53.4 Å². The van der Waals surface area contributed by atoms with Crippen molar-refractivity contribution in [2.75, 3.05) is 24.7 Å². The first-order valence-electron chi connectivity index (χ1n) is 8.25. The van der Waals surface area contributed by atoms with Gasteiger partial charge in [-0.05, 0) is 37.1 Å². The normalized spacial score (nSPS) is 10.4. The fourth-order valence-corrected chi connectivity index (χ4v) is 3.32. The van der Waals surface area contributed by atoms with Gasteiger partial charge in [-0.3, -0.25) is 9.59 Å². The van der Waals surface area contributed by atoms with E-state index in [1.165, 1.54) is 4.90 Å². The SMILES string of the molecule is Cc1cccc(C)c1NC(=O)CN(C)C(=O)CCSc1ccccc1. The van der Waals surface area contributed by atoms with Crippen LogP contribution in [-0.4, -0.2) is 36.1 Å². The Hall–Kier alpha value is -2.27. The minimum absolute atomic E-state index is 0.0277. The number of aryl methyl sites for hydroxylation is 2. The van der Waals surface area contributed by atoms with Crippen molar-refractivity contribution >= 4 is 29.3 Å². The average Bonchev–Trinajstić information content (AvgIpc) is 2.59. The zero-order valence-electron chi connectivity index (χ0n) is 14.9. The maximum absolute atomic E-state index is 12.2. The lowest BCUT2D eigenvalue weighted by Crippen LogP contribution is -2.35. The van der Waals surface area contributed by atoms with E-state index in [0.29, 0.717) is 12.2 Å². The number of para-hydroxylation sites is 1. The van der Waals surface area contributed by atoms with Gasteiger partial charge in [-0.15, -0.1) is 11.8 Å². The maximum Gasteiger partial charge on any atom is 0.243 e. The number of likely N-dealkylation sites (N-methyl/N-ethyl adjacent to an activating group) is 1. The highest BCUT2D eigenvalue weighted by molar-refractivity contribution is 7.99. The van der Waals surface area contributed by atoms with Crippen molar-refractivity contribution in [3.8, 4) is 0 Å². The summed E-state index contributed by atoms with van der Waals surface area (Å²) in [6.45, 7) is 3.97. The van der Waals surface area contributed by atoms with E-state index in [-0.39, 0.29) is 18.4 Å². The number of anilines is 1. The monoisotopic (exact) mass is 356 g/mol. The number of benzene rings is 2. The van der Waals surface area contributed by atoms with Crippen LogP contribution in [0.1, 0.15) is 17.5 Å². The molecule has 25 heavy (non-hydrogen) atoms. The van der Waals surface area contributed by atoms with Gasteiger partial charge >= 0.3 is 0 Å². The molecule has 0 aromatic heterocycles. The lowest BCUT2D eigenvalue weighted by molar-refractivity contribution is -0.132. The summed E-state index contributed by atoms with van der Waals surface area (Å²) < 4.78 is 0. The standard InChI is InChI=1S/C20H24N2O2S/c1-15-8-7-9-16(2)20(15)21-18(23)14-22(3)19(24)12-13-25-17-10-5-4-6-11-17/h4-11H,12-14H2,1-3H3,(H,21,23). The molecule has 0 saturated heterocycles. The Bertz CT molecular complexity index is 711. The zero-order chi connectivity index (χ0) is 18.2. The second kappa shape index (κ2) is 9.28. The van der Waals surface area contributed by atoms with Gasteiger partial charge in [0.15, 0.2) is 0 Å².